The second-order valence-corrected chi connectivity index (χ2v) is 6.65. The first-order valence-corrected chi connectivity index (χ1v) is 8.51. The second kappa shape index (κ2) is 6.34. The van der Waals surface area contributed by atoms with Crippen molar-refractivity contribution in [2.75, 3.05) is 13.1 Å². The third-order valence-corrected chi connectivity index (χ3v) is 5.06. The average molecular weight is 322 g/mol. The van der Waals surface area contributed by atoms with E-state index in [4.69, 9.17) is 0 Å². The van der Waals surface area contributed by atoms with Gasteiger partial charge in [0, 0.05) is 30.7 Å². The summed E-state index contributed by atoms with van der Waals surface area (Å²) in [6.07, 6.45) is 0.957. The SMILES string of the molecule is Cc1cccc(C(=O)N2CCC3NNC(c4ccccc4)C3C2)n1. The van der Waals surface area contributed by atoms with E-state index in [1.54, 1.807) is 6.07 Å². The molecule has 124 valence electrons. The van der Waals surface area contributed by atoms with Crippen molar-refractivity contribution in [3.8, 4) is 0 Å². The number of piperidine rings is 1. The van der Waals surface area contributed by atoms with E-state index >= 15 is 0 Å². The molecule has 2 saturated heterocycles. The molecule has 0 bridgehead atoms. The maximum Gasteiger partial charge on any atom is 0.272 e. The number of pyridine rings is 1. The molecule has 1 aromatic heterocycles. The zero-order chi connectivity index (χ0) is 16.5. The summed E-state index contributed by atoms with van der Waals surface area (Å²) < 4.78 is 0. The zero-order valence-electron chi connectivity index (χ0n) is 13.8. The minimum absolute atomic E-state index is 0.0378. The van der Waals surface area contributed by atoms with Crippen LogP contribution in [0.25, 0.3) is 0 Å². The van der Waals surface area contributed by atoms with Gasteiger partial charge in [0.1, 0.15) is 5.69 Å². The van der Waals surface area contributed by atoms with Crippen LogP contribution in [0.1, 0.15) is 34.2 Å². The minimum Gasteiger partial charge on any atom is -0.337 e. The van der Waals surface area contributed by atoms with E-state index in [9.17, 15) is 4.79 Å². The van der Waals surface area contributed by atoms with Crippen molar-refractivity contribution in [3.63, 3.8) is 0 Å². The molecule has 2 N–H and O–H groups in total. The van der Waals surface area contributed by atoms with Gasteiger partial charge in [0.2, 0.25) is 0 Å². The van der Waals surface area contributed by atoms with Crippen molar-refractivity contribution >= 4 is 5.91 Å². The van der Waals surface area contributed by atoms with E-state index in [-0.39, 0.29) is 11.9 Å². The number of likely N-dealkylation sites (tertiary alicyclic amines) is 1. The van der Waals surface area contributed by atoms with Gasteiger partial charge in [-0.2, -0.15) is 0 Å². The highest BCUT2D eigenvalue weighted by atomic mass is 16.2. The van der Waals surface area contributed by atoms with Crippen molar-refractivity contribution in [1.82, 2.24) is 20.7 Å². The summed E-state index contributed by atoms with van der Waals surface area (Å²) in [7, 11) is 0. The van der Waals surface area contributed by atoms with Gasteiger partial charge < -0.3 is 4.90 Å². The first kappa shape index (κ1) is 15.3. The van der Waals surface area contributed by atoms with Gasteiger partial charge in [-0.3, -0.25) is 10.2 Å². The summed E-state index contributed by atoms with van der Waals surface area (Å²) in [6.45, 7) is 3.43. The van der Waals surface area contributed by atoms with Crippen LogP contribution < -0.4 is 10.9 Å². The third-order valence-electron chi connectivity index (χ3n) is 5.06. The molecule has 24 heavy (non-hydrogen) atoms. The van der Waals surface area contributed by atoms with Gasteiger partial charge in [-0.05, 0) is 31.0 Å². The molecule has 5 nitrogen and oxygen atoms in total. The summed E-state index contributed by atoms with van der Waals surface area (Å²) in [5.41, 5.74) is 9.52. The average Bonchev–Trinajstić information content (AvgIpc) is 3.05. The molecule has 0 radical (unpaired) electrons. The van der Waals surface area contributed by atoms with Crippen molar-refractivity contribution in [2.24, 2.45) is 5.92 Å². The third kappa shape index (κ3) is 2.81. The molecule has 1 amide bonds. The van der Waals surface area contributed by atoms with Crippen molar-refractivity contribution in [3.05, 3.63) is 65.5 Å². The molecule has 1 aromatic carbocycles. The Morgan fingerprint density at radius 1 is 1.12 bits per heavy atom. The fourth-order valence-electron chi connectivity index (χ4n) is 3.80. The fraction of sp³-hybridized carbons (Fsp3) is 0.368. The molecule has 2 aliphatic rings. The summed E-state index contributed by atoms with van der Waals surface area (Å²) >= 11 is 0. The van der Waals surface area contributed by atoms with Gasteiger partial charge in [-0.25, -0.2) is 10.4 Å². The largest absolute Gasteiger partial charge is 0.337 e. The summed E-state index contributed by atoms with van der Waals surface area (Å²) in [4.78, 5) is 19.1. The number of fused-ring (bicyclic) bond motifs is 1. The number of hydrogen-bond acceptors (Lipinski definition) is 4. The Morgan fingerprint density at radius 3 is 2.75 bits per heavy atom. The summed E-state index contributed by atoms with van der Waals surface area (Å²) in [5.74, 6) is 0.408. The van der Waals surface area contributed by atoms with E-state index in [0.29, 0.717) is 17.7 Å². The van der Waals surface area contributed by atoms with Gasteiger partial charge in [0.25, 0.3) is 5.91 Å². The van der Waals surface area contributed by atoms with Crippen LogP contribution in [-0.4, -0.2) is 34.9 Å². The molecule has 2 aliphatic heterocycles. The highest BCUT2D eigenvalue weighted by Gasteiger charge is 2.41. The Hall–Kier alpha value is -2.24. The molecule has 0 saturated carbocycles. The molecular weight excluding hydrogens is 300 g/mol. The first-order valence-electron chi connectivity index (χ1n) is 8.51. The minimum atomic E-state index is 0.0378. The van der Waals surface area contributed by atoms with Crippen LogP contribution in [0.5, 0.6) is 0 Å². The van der Waals surface area contributed by atoms with E-state index in [1.165, 1.54) is 5.56 Å². The topological polar surface area (TPSA) is 57.3 Å². The lowest BCUT2D eigenvalue weighted by Crippen LogP contribution is -2.48. The summed E-state index contributed by atoms with van der Waals surface area (Å²) in [5, 5.41) is 0. The number of nitrogens with one attached hydrogen (secondary N) is 2. The smallest absolute Gasteiger partial charge is 0.272 e. The van der Waals surface area contributed by atoms with Crippen LogP contribution in [0.4, 0.5) is 0 Å². The number of aromatic nitrogens is 1. The summed E-state index contributed by atoms with van der Waals surface area (Å²) in [6, 6.07) is 16.7. The highest BCUT2D eigenvalue weighted by molar-refractivity contribution is 5.92. The molecule has 3 unspecified atom stereocenters. The second-order valence-electron chi connectivity index (χ2n) is 6.65. The Morgan fingerprint density at radius 2 is 1.96 bits per heavy atom. The lowest BCUT2D eigenvalue weighted by molar-refractivity contribution is 0.0646. The van der Waals surface area contributed by atoms with Crippen molar-refractivity contribution < 1.29 is 4.79 Å². The van der Waals surface area contributed by atoms with Gasteiger partial charge in [-0.15, -0.1) is 0 Å². The lowest BCUT2D eigenvalue weighted by atomic mass is 9.85. The van der Waals surface area contributed by atoms with Crippen LogP contribution >= 0.6 is 0 Å². The molecule has 0 aliphatic carbocycles. The normalized spacial score (nSPS) is 26.2. The fourth-order valence-corrected chi connectivity index (χ4v) is 3.80. The Labute approximate surface area is 142 Å². The molecule has 3 atom stereocenters. The maximum atomic E-state index is 12.8. The van der Waals surface area contributed by atoms with Crippen molar-refractivity contribution in [2.45, 2.75) is 25.4 Å². The maximum absolute atomic E-state index is 12.8. The van der Waals surface area contributed by atoms with Crippen molar-refractivity contribution in [1.29, 1.82) is 0 Å². The van der Waals surface area contributed by atoms with Crippen LogP contribution in [0, 0.1) is 12.8 Å². The van der Waals surface area contributed by atoms with E-state index in [1.807, 2.05) is 30.0 Å². The zero-order valence-corrected chi connectivity index (χ0v) is 13.8. The molecular formula is C19H22N4O. The van der Waals surface area contributed by atoms with Gasteiger partial charge in [-0.1, -0.05) is 36.4 Å². The quantitative estimate of drug-likeness (QED) is 0.889. The standard InChI is InChI=1S/C19H22N4O/c1-13-6-5-9-17(20-13)19(24)23-11-10-16-15(12-23)18(22-21-16)14-7-3-2-4-8-14/h2-9,15-16,18,21-22H,10-12H2,1H3. The predicted octanol–water partition coefficient (Wildman–Crippen LogP) is 2.07. The van der Waals surface area contributed by atoms with Gasteiger partial charge >= 0.3 is 0 Å². The van der Waals surface area contributed by atoms with E-state index in [2.05, 4.69) is 40.1 Å². The lowest BCUT2D eigenvalue weighted by Gasteiger charge is -2.36. The Balaban J connectivity index is 1.53. The molecule has 3 heterocycles. The molecule has 0 spiro atoms. The molecule has 2 aromatic rings. The number of amides is 1. The number of hydrazine groups is 1. The van der Waals surface area contributed by atoms with Crippen LogP contribution in [-0.2, 0) is 0 Å². The van der Waals surface area contributed by atoms with Gasteiger partial charge in [0.15, 0.2) is 0 Å². The van der Waals surface area contributed by atoms with Crippen LogP contribution in [0.15, 0.2) is 48.5 Å². The van der Waals surface area contributed by atoms with Gasteiger partial charge in [0.05, 0.1) is 6.04 Å². The number of hydrogen-bond donors (Lipinski definition) is 2. The Kier molecular flexibility index (Phi) is 4.04. The molecule has 4 rings (SSSR count). The van der Waals surface area contributed by atoms with Crippen LogP contribution in [0.2, 0.25) is 0 Å². The number of carbonyl (C=O) groups excluding carboxylic acids is 1. The van der Waals surface area contributed by atoms with E-state index < -0.39 is 0 Å². The van der Waals surface area contributed by atoms with Crippen LogP contribution in [0.3, 0.4) is 0 Å². The first-order chi connectivity index (χ1) is 11.7. The molecule has 2 fully saturated rings. The number of nitrogens with zero attached hydrogens (tertiary/aromatic N) is 2. The highest BCUT2D eigenvalue weighted by Crippen LogP contribution is 2.33. The monoisotopic (exact) mass is 322 g/mol. The number of benzene rings is 1. The Bertz CT molecular complexity index is 733. The number of aryl methyl sites for hydroxylation is 1. The predicted molar refractivity (Wildman–Crippen MR) is 92.2 cm³/mol. The number of rotatable bonds is 2. The molecule has 5 heteroatoms. The van der Waals surface area contributed by atoms with E-state index in [0.717, 1.165) is 25.2 Å². The number of carbonyl (C=O) groups is 1.